The van der Waals surface area contributed by atoms with Crippen LogP contribution < -0.4 is 4.72 Å². The van der Waals surface area contributed by atoms with Gasteiger partial charge in [0.2, 0.25) is 10.0 Å². The number of hydrogen-bond acceptors (Lipinski definition) is 2. The van der Waals surface area contributed by atoms with Gasteiger partial charge in [-0.15, -0.1) is 0 Å². The van der Waals surface area contributed by atoms with Gasteiger partial charge in [0.15, 0.2) is 0 Å². The van der Waals surface area contributed by atoms with Crippen LogP contribution in [0.1, 0.15) is 71.1 Å². The molecule has 1 N–H and O–H groups in total. The SMILES string of the molecule is CCCCCCCCCCCCNS(=O)(=O)c1cc(Cl)[c]c(Cl)c1. The van der Waals surface area contributed by atoms with Gasteiger partial charge in [-0.1, -0.05) is 87.9 Å². The molecule has 24 heavy (non-hydrogen) atoms. The minimum atomic E-state index is -3.55. The van der Waals surface area contributed by atoms with E-state index in [1.54, 1.807) is 0 Å². The van der Waals surface area contributed by atoms with Crippen LogP contribution in [-0.4, -0.2) is 15.0 Å². The largest absolute Gasteiger partial charge is 0.240 e. The van der Waals surface area contributed by atoms with Crippen molar-refractivity contribution in [3.63, 3.8) is 0 Å². The highest BCUT2D eigenvalue weighted by Gasteiger charge is 2.14. The summed E-state index contributed by atoms with van der Waals surface area (Å²) in [5.74, 6) is 0. The summed E-state index contributed by atoms with van der Waals surface area (Å²) < 4.78 is 26.9. The third-order valence-corrected chi connectivity index (χ3v) is 5.76. The van der Waals surface area contributed by atoms with E-state index in [9.17, 15) is 8.42 Å². The Morgan fingerprint density at radius 2 is 1.33 bits per heavy atom. The van der Waals surface area contributed by atoms with Gasteiger partial charge in [-0.3, -0.25) is 0 Å². The van der Waals surface area contributed by atoms with Crippen LogP contribution in [0.25, 0.3) is 0 Å². The molecule has 0 spiro atoms. The number of halogens is 2. The molecule has 1 radical (unpaired) electrons. The topological polar surface area (TPSA) is 46.2 Å². The van der Waals surface area contributed by atoms with Gasteiger partial charge in [0.05, 0.1) is 14.9 Å². The predicted octanol–water partition coefficient (Wildman–Crippen LogP) is 5.99. The fourth-order valence-electron chi connectivity index (χ4n) is 2.54. The summed E-state index contributed by atoms with van der Waals surface area (Å²) >= 11 is 11.6. The molecule has 0 aliphatic rings. The molecule has 0 heterocycles. The van der Waals surface area contributed by atoms with E-state index in [1.165, 1.54) is 57.1 Å². The molecule has 0 fully saturated rings. The Bertz CT molecular complexity index is 556. The second kappa shape index (κ2) is 12.1. The van der Waals surface area contributed by atoms with Crippen molar-refractivity contribution in [2.45, 2.75) is 76.0 Å². The molecule has 0 saturated heterocycles. The lowest BCUT2D eigenvalue weighted by Crippen LogP contribution is -2.24. The summed E-state index contributed by atoms with van der Waals surface area (Å²) in [7, 11) is -3.55. The standard InChI is InChI=1S/C18H28Cl2NO2S/c1-2-3-4-5-6-7-8-9-10-11-12-21-24(22,23)18-14-16(19)13-17(20)15-18/h14-15,21H,2-12H2,1H3. The van der Waals surface area contributed by atoms with Crippen molar-refractivity contribution in [3.05, 3.63) is 28.2 Å². The smallest absolute Gasteiger partial charge is 0.211 e. The first-order valence-electron chi connectivity index (χ1n) is 8.83. The van der Waals surface area contributed by atoms with Gasteiger partial charge in [-0.25, -0.2) is 13.1 Å². The Labute approximate surface area is 157 Å². The number of sulfonamides is 1. The van der Waals surface area contributed by atoms with Gasteiger partial charge in [0.1, 0.15) is 0 Å². The van der Waals surface area contributed by atoms with Crippen LogP contribution in [0.2, 0.25) is 10.0 Å². The van der Waals surface area contributed by atoms with E-state index < -0.39 is 10.0 Å². The first kappa shape index (κ1) is 21.8. The summed E-state index contributed by atoms with van der Waals surface area (Å²) in [4.78, 5) is 0.0864. The lowest BCUT2D eigenvalue weighted by atomic mass is 10.1. The first-order valence-corrected chi connectivity index (χ1v) is 11.1. The molecule has 1 aromatic carbocycles. The normalized spacial score (nSPS) is 11.8. The molecule has 0 unspecified atom stereocenters. The molecule has 1 aromatic rings. The summed E-state index contributed by atoms with van der Waals surface area (Å²) in [5.41, 5.74) is 0. The van der Waals surface area contributed by atoms with E-state index in [0.29, 0.717) is 6.54 Å². The van der Waals surface area contributed by atoms with Crippen molar-refractivity contribution >= 4 is 33.2 Å². The van der Waals surface area contributed by atoms with E-state index in [2.05, 4.69) is 17.7 Å². The Hall–Kier alpha value is -0.290. The van der Waals surface area contributed by atoms with Crippen LogP contribution in [-0.2, 0) is 10.0 Å². The lowest BCUT2D eigenvalue weighted by Gasteiger charge is -2.07. The average molecular weight is 393 g/mol. The Balaban J connectivity index is 2.14. The zero-order chi connectivity index (χ0) is 17.8. The van der Waals surface area contributed by atoms with Gasteiger partial charge in [-0.2, -0.15) is 0 Å². The molecule has 0 atom stereocenters. The monoisotopic (exact) mass is 392 g/mol. The quantitative estimate of drug-likeness (QED) is 0.418. The van der Waals surface area contributed by atoms with E-state index in [1.807, 2.05) is 0 Å². The van der Waals surface area contributed by atoms with Gasteiger partial charge < -0.3 is 0 Å². The molecule has 0 saturated carbocycles. The molecular formula is C18H28Cl2NO2S. The maximum absolute atomic E-state index is 12.2. The molecule has 0 aliphatic heterocycles. The Kier molecular flexibility index (Phi) is 11.0. The molecule has 137 valence electrons. The fraction of sp³-hybridized carbons (Fsp3) is 0.667. The molecule has 0 bridgehead atoms. The molecule has 0 aromatic heterocycles. The van der Waals surface area contributed by atoms with Crippen molar-refractivity contribution in [3.8, 4) is 0 Å². The van der Waals surface area contributed by atoms with Gasteiger partial charge in [0.25, 0.3) is 0 Å². The average Bonchev–Trinajstić information content (AvgIpc) is 2.51. The van der Waals surface area contributed by atoms with Crippen LogP contribution in [0.3, 0.4) is 0 Å². The summed E-state index contributed by atoms with van der Waals surface area (Å²) in [6.45, 7) is 2.67. The van der Waals surface area contributed by atoms with Crippen LogP contribution in [0.4, 0.5) is 0 Å². The third kappa shape index (κ3) is 9.26. The number of benzene rings is 1. The lowest BCUT2D eigenvalue weighted by molar-refractivity contribution is 0.549. The third-order valence-electron chi connectivity index (χ3n) is 3.91. The Morgan fingerprint density at radius 3 is 1.83 bits per heavy atom. The number of rotatable bonds is 13. The maximum atomic E-state index is 12.2. The molecule has 1 rings (SSSR count). The van der Waals surface area contributed by atoms with Crippen LogP contribution in [0.5, 0.6) is 0 Å². The minimum absolute atomic E-state index is 0.0864. The highest BCUT2D eigenvalue weighted by atomic mass is 35.5. The molecule has 0 aliphatic carbocycles. The van der Waals surface area contributed by atoms with Crippen LogP contribution in [0.15, 0.2) is 17.0 Å². The van der Waals surface area contributed by atoms with E-state index >= 15 is 0 Å². The molecule has 0 amide bonds. The molecular weight excluding hydrogens is 365 g/mol. The highest BCUT2D eigenvalue weighted by Crippen LogP contribution is 2.21. The summed E-state index contributed by atoms with van der Waals surface area (Å²) in [5, 5.41) is 0.392. The summed E-state index contributed by atoms with van der Waals surface area (Å²) in [6, 6.07) is 5.34. The van der Waals surface area contributed by atoms with Crippen molar-refractivity contribution in [1.29, 1.82) is 0 Å². The fourth-order valence-corrected chi connectivity index (χ4v) is 4.28. The van der Waals surface area contributed by atoms with E-state index in [0.717, 1.165) is 19.3 Å². The first-order chi connectivity index (χ1) is 11.5. The predicted molar refractivity (Wildman–Crippen MR) is 102 cm³/mol. The zero-order valence-corrected chi connectivity index (χ0v) is 16.7. The number of hydrogen-bond donors (Lipinski definition) is 1. The van der Waals surface area contributed by atoms with Crippen LogP contribution >= 0.6 is 23.2 Å². The Morgan fingerprint density at radius 1 is 0.875 bits per heavy atom. The highest BCUT2D eigenvalue weighted by molar-refractivity contribution is 7.89. The minimum Gasteiger partial charge on any atom is -0.211 e. The summed E-state index contributed by atoms with van der Waals surface area (Å²) in [6.07, 6.45) is 12.2. The second-order valence-corrected chi connectivity index (χ2v) is 8.67. The number of unbranched alkanes of at least 4 members (excludes halogenated alkanes) is 9. The van der Waals surface area contributed by atoms with Gasteiger partial charge in [0, 0.05) is 12.6 Å². The molecule has 3 nitrogen and oxygen atoms in total. The van der Waals surface area contributed by atoms with E-state index in [-0.39, 0.29) is 14.9 Å². The molecule has 6 heteroatoms. The zero-order valence-electron chi connectivity index (χ0n) is 14.4. The van der Waals surface area contributed by atoms with E-state index in [4.69, 9.17) is 23.2 Å². The number of nitrogens with one attached hydrogen (secondary N) is 1. The van der Waals surface area contributed by atoms with Gasteiger partial charge in [-0.05, 0) is 18.6 Å². The van der Waals surface area contributed by atoms with Gasteiger partial charge >= 0.3 is 0 Å². The van der Waals surface area contributed by atoms with Crippen LogP contribution in [0, 0.1) is 6.07 Å². The van der Waals surface area contributed by atoms with Crippen molar-refractivity contribution in [2.75, 3.05) is 6.54 Å². The van der Waals surface area contributed by atoms with Crippen molar-refractivity contribution < 1.29 is 8.42 Å². The second-order valence-electron chi connectivity index (χ2n) is 6.09. The maximum Gasteiger partial charge on any atom is 0.240 e. The van der Waals surface area contributed by atoms with Crippen molar-refractivity contribution in [2.24, 2.45) is 0 Å². The van der Waals surface area contributed by atoms with Crippen molar-refractivity contribution in [1.82, 2.24) is 4.72 Å².